The molecular weight excluding hydrogens is 232 g/mol. The van der Waals surface area contributed by atoms with Crippen LogP contribution in [0.4, 0.5) is 0 Å². The zero-order valence-corrected chi connectivity index (χ0v) is 10.2. The van der Waals surface area contributed by atoms with Crippen molar-refractivity contribution in [3.8, 4) is 0 Å². The Morgan fingerprint density at radius 1 is 1.44 bits per heavy atom. The average molecular weight is 248 g/mol. The molecule has 0 spiro atoms. The van der Waals surface area contributed by atoms with Crippen LogP contribution in [0.5, 0.6) is 0 Å². The lowest BCUT2D eigenvalue weighted by atomic mass is 10.0. The van der Waals surface area contributed by atoms with Gasteiger partial charge in [0.2, 0.25) is 5.91 Å². The molecule has 0 radical (unpaired) electrons. The van der Waals surface area contributed by atoms with Crippen molar-refractivity contribution in [3.63, 3.8) is 0 Å². The second-order valence-corrected chi connectivity index (χ2v) is 4.40. The second-order valence-electron chi connectivity index (χ2n) is 4.40. The van der Waals surface area contributed by atoms with E-state index in [0.29, 0.717) is 0 Å². The number of nitrogens with one attached hydrogen (secondary N) is 1. The molecule has 5 nitrogen and oxygen atoms in total. The summed E-state index contributed by atoms with van der Waals surface area (Å²) in [6, 6.07) is 8.82. The first-order valence-electron chi connectivity index (χ1n) is 5.90. The third-order valence-electron chi connectivity index (χ3n) is 3.25. The van der Waals surface area contributed by atoms with E-state index in [4.69, 9.17) is 5.11 Å². The summed E-state index contributed by atoms with van der Waals surface area (Å²) in [5.74, 6) is -0.989. The molecule has 2 atom stereocenters. The molecule has 1 aromatic carbocycles. The Balaban J connectivity index is 2.15. The van der Waals surface area contributed by atoms with Crippen LogP contribution in [-0.2, 0) is 9.59 Å². The highest BCUT2D eigenvalue weighted by Crippen LogP contribution is 2.21. The Hall–Kier alpha value is -1.88. The van der Waals surface area contributed by atoms with Crippen LogP contribution in [0.15, 0.2) is 30.3 Å². The van der Waals surface area contributed by atoms with Gasteiger partial charge in [0.15, 0.2) is 0 Å². The number of carbonyl (C=O) groups is 2. The smallest absolute Gasteiger partial charge is 0.322 e. The summed E-state index contributed by atoms with van der Waals surface area (Å²) in [6.07, 6.45) is 0. The minimum Gasteiger partial charge on any atom is -0.480 e. The molecule has 1 fully saturated rings. The van der Waals surface area contributed by atoms with Crippen LogP contribution in [0.1, 0.15) is 18.5 Å². The van der Waals surface area contributed by atoms with Gasteiger partial charge in [-0.25, -0.2) is 0 Å². The Kier molecular flexibility index (Phi) is 3.62. The van der Waals surface area contributed by atoms with Gasteiger partial charge in [0.1, 0.15) is 6.04 Å². The number of hydrogen-bond donors (Lipinski definition) is 2. The van der Waals surface area contributed by atoms with Gasteiger partial charge in [-0.2, -0.15) is 0 Å². The zero-order valence-electron chi connectivity index (χ0n) is 10.2. The molecule has 96 valence electrons. The predicted octanol–water partition coefficient (Wildman–Crippen LogP) is 0.633. The molecule has 0 saturated carbocycles. The highest BCUT2D eigenvalue weighted by molar-refractivity contribution is 5.83. The molecule has 1 saturated heterocycles. The quantitative estimate of drug-likeness (QED) is 0.823. The van der Waals surface area contributed by atoms with E-state index in [1.54, 1.807) is 4.90 Å². The van der Waals surface area contributed by atoms with Gasteiger partial charge in [-0.15, -0.1) is 0 Å². The Morgan fingerprint density at radius 2 is 2.11 bits per heavy atom. The van der Waals surface area contributed by atoms with Gasteiger partial charge in [-0.1, -0.05) is 30.3 Å². The van der Waals surface area contributed by atoms with Crippen molar-refractivity contribution in [3.05, 3.63) is 35.9 Å². The summed E-state index contributed by atoms with van der Waals surface area (Å²) in [4.78, 5) is 24.4. The van der Waals surface area contributed by atoms with E-state index in [1.165, 1.54) is 0 Å². The standard InChI is InChI=1S/C13H16N2O3/c1-9(10-5-3-2-4-6-10)15-8-11(13(17)18)14-7-12(15)16/h2-6,9,11,14H,7-8H2,1H3,(H,17,18). The van der Waals surface area contributed by atoms with Crippen LogP contribution in [0.2, 0.25) is 0 Å². The number of carbonyl (C=O) groups excluding carboxylic acids is 1. The molecule has 2 rings (SSSR count). The zero-order chi connectivity index (χ0) is 13.1. The van der Waals surface area contributed by atoms with E-state index in [2.05, 4.69) is 5.32 Å². The second kappa shape index (κ2) is 5.18. The molecule has 2 unspecified atom stereocenters. The van der Waals surface area contributed by atoms with Crippen LogP contribution < -0.4 is 5.32 Å². The lowest BCUT2D eigenvalue weighted by Gasteiger charge is -2.36. The van der Waals surface area contributed by atoms with Gasteiger partial charge in [-0.05, 0) is 12.5 Å². The molecule has 1 aliphatic rings. The number of amides is 1. The van der Waals surface area contributed by atoms with Crippen LogP contribution >= 0.6 is 0 Å². The molecule has 1 heterocycles. The molecule has 1 aliphatic heterocycles. The third-order valence-corrected chi connectivity index (χ3v) is 3.25. The summed E-state index contributed by atoms with van der Waals surface area (Å²) < 4.78 is 0. The van der Waals surface area contributed by atoms with Gasteiger partial charge in [0.25, 0.3) is 0 Å². The monoisotopic (exact) mass is 248 g/mol. The van der Waals surface area contributed by atoms with Crippen molar-refractivity contribution in [1.82, 2.24) is 10.2 Å². The van der Waals surface area contributed by atoms with E-state index in [-0.39, 0.29) is 25.0 Å². The third kappa shape index (κ3) is 2.51. The number of nitrogens with zero attached hydrogens (tertiary/aromatic N) is 1. The van der Waals surface area contributed by atoms with Crippen molar-refractivity contribution in [2.24, 2.45) is 0 Å². The fraction of sp³-hybridized carbons (Fsp3) is 0.385. The van der Waals surface area contributed by atoms with Crippen LogP contribution in [0.3, 0.4) is 0 Å². The van der Waals surface area contributed by atoms with Gasteiger partial charge < -0.3 is 10.0 Å². The summed E-state index contributed by atoms with van der Waals surface area (Å²) >= 11 is 0. The number of aliphatic carboxylic acids is 1. The minimum atomic E-state index is -0.923. The molecule has 5 heteroatoms. The van der Waals surface area contributed by atoms with Crippen molar-refractivity contribution < 1.29 is 14.7 Å². The number of piperazine rings is 1. The first-order chi connectivity index (χ1) is 8.59. The van der Waals surface area contributed by atoms with Gasteiger partial charge in [0, 0.05) is 6.54 Å². The molecule has 0 aliphatic carbocycles. The van der Waals surface area contributed by atoms with E-state index < -0.39 is 12.0 Å². The normalized spacial score (nSPS) is 21.7. The molecule has 0 aromatic heterocycles. The lowest BCUT2D eigenvalue weighted by molar-refractivity contribution is -0.145. The number of rotatable bonds is 3. The maximum absolute atomic E-state index is 11.8. The maximum Gasteiger partial charge on any atom is 0.322 e. The van der Waals surface area contributed by atoms with Crippen molar-refractivity contribution >= 4 is 11.9 Å². The topological polar surface area (TPSA) is 69.6 Å². The molecule has 0 bridgehead atoms. The Labute approximate surface area is 105 Å². The van der Waals surface area contributed by atoms with E-state index >= 15 is 0 Å². The van der Waals surface area contributed by atoms with E-state index in [0.717, 1.165) is 5.56 Å². The first kappa shape index (κ1) is 12.6. The fourth-order valence-corrected chi connectivity index (χ4v) is 2.13. The highest BCUT2D eigenvalue weighted by atomic mass is 16.4. The van der Waals surface area contributed by atoms with Gasteiger partial charge >= 0.3 is 5.97 Å². The average Bonchev–Trinajstić information content (AvgIpc) is 2.39. The summed E-state index contributed by atoms with van der Waals surface area (Å²) in [5.41, 5.74) is 1.01. The number of carboxylic acids is 1. The van der Waals surface area contributed by atoms with Crippen LogP contribution in [-0.4, -0.2) is 41.0 Å². The van der Waals surface area contributed by atoms with Crippen molar-refractivity contribution in [2.75, 3.05) is 13.1 Å². The number of hydrogen-bond acceptors (Lipinski definition) is 3. The summed E-state index contributed by atoms with van der Waals surface area (Å²) in [7, 11) is 0. The molecular formula is C13H16N2O3. The number of benzene rings is 1. The molecule has 1 aromatic rings. The van der Waals surface area contributed by atoms with Gasteiger partial charge in [-0.3, -0.25) is 14.9 Å². The van der Waals surface area contributed by atoms with E-state index in [9.17, 15) is 9.59 Å². The molecule has 1 amide bonds. The molecule has 2 N–H and O–H groups in total. The minimum absolute atomic E-state index is 0.0659. The summed E-state index contributed by atoms with van der Waals surface area (Å²) in [5, 5.41) is 11.7. The lowest BCUT2D eigenvalue weighted by Crippen LogP contribution is -2.57. The van der Waals surface area contributed by atoms with Crippen LogP contribution in [0.25, 0.3) is 0 Å². The van der Waals surface area contributed by atoms with Crippen molar-refractivity contribution in [1.29, 1.82) is 0 Å². The number of carboxylic acid groups (broad SMARTS) is 1. The van der Waals surface area contributed by atoms with Crippen LogP contribution in [0, 0.1) is 0 Å². The first-order valence-corrected chi connectivity index (χ1v) is 5.90. The Morgan fingerprint density at radius 3 is 2.72 bits per heavy atom. The van der Waals surface area contributed by atoms with E-state index in [1.807, 2.05) is 37.3 Å². The SMILES string of the molecule is CC(c1ccccc1)N1CC(C(=O)O)NCC1=O. The molecule has 18 heavy (non-hydrogen) atoms. The van der Waals surface area contributed by atoms with Gasteiger partial charge in [0.05, 0.1) is 12.6 Å². The largest absolute Gasteiger partial charge is 0.480 e. The summed E-state index contributed by atoms with van der Waals surface area (Å²) in [6.45, 7) is 2.19. The Bertz CT molecular complexity index is 447. The fourth-order valence-electron chi connectivity index (χ4n) is 2.13. The highest BCUT2D eigenvalue weighted by Gasteiger charge is 2.32. The predicted molar refractivity (Wildman–Crippen MR) is 66.0 cm³/mol. The van der Waals surface area contributed by atoms with Crippen molar-refractivity contribution in [2.45, 2.75) is 19.0 Å². The maximum atomic E-state index is 11.8.